The third-order valence-corrected chi connectivity index (χ3v) is 5.02. The average Bonchev–Trinajstić information content (AvgIpc) is 2.56. The summed E-state index contributed by atoms with van der Waals surface area (Å²) < 4.78 is 18.9. The van der Waals surface area contributed by atoms with Crippen molar-refractivity contribution in [2.24, 2.45) is 5.92 Å². The number of carboxylic acids is 1. The van der Waals surface area contributed by atoms with Gasteiger partial charge in [-0.1, -0.05) is 17.7 Å². The van der Waals surface area contributed by atoms with Gasteiger partial charge in [0.1, 0.15) is 11.4 Å². The highest BCUT2D eigenvalue weighted by Crippen LogP contribution is 2.43. The minimum atomic E-state index is -1.35. The molecule has 2 rings (SSSR count). The molecule has 0 aromatic heterocycles. The second-order valence-electron chi connectivity index (χ2n) is 7.65. The Balaban J connectivity index is 2.35. The fraction of sp³-hybridized carbons (Fsp3) is 0.526. The van der Waals surface area contributed by atoms with E-state index in [1.807, 2.05) is 6.07 Å². The van der Waals surface area contributed by atoms with Gasteiger partial charge in [0.05, 0.1) is 11.1 Å². The monoisotopic (exact) mass is 396 g/mol. The van der Waals surface area contributed by atoms with Crippen LogP contribution in [0.3, 0.4) is 0 Å². The molecule has 1 aliphatic rings. The highest BCUT2D eigenvalue weighted by Gasteiger charge is 2.48. The van der Waals surface area contributed by atoms with Crippen LogP contribution in [0.2, 0.25) is 5.02 Å². The van der Waals surface area contributed by atoms with Crippen molar-refractivity contribution in [2.45, 2.75) is 44.6 Å². The van der Waals surface area contributed by atoms with Crippen molar-refractivity contribution in [3.63, 3.8) is 0 Å². The number of aliphatic carboxylic acids is 1. The molecule has 1 unspecified atom stereocenters. The highest BCUT2D eigenvalue weighted by molar-refractivity contribution is 6.30. The summed E-state index contributed by atoms with van der Waals surface area (Å²) in [4.78, 5) is 25.5. The van der Waals surface area contributed by atoms with Crippen LogP contribution < -0.4 is 0 Å². The first kappa shape index (κ1) is 21.0. The molecule has 27 heavy (non-hydrogen) atoms. The number of carbonyl (C=O) groups excluding carboxylic acids is 1. The van der Waals surface area contributed by atoms with Gasteiger partial charge in [0, 0.05) is 18.5 Å². The van der Waals surface area contributed by atoms with E-state index in [1.165, 1.54) is 17.0 Å². The third kappa shape index (κ3) is 4.51. The lowest BCUT2D eigenvalue weighted by Crippen LogP contribution is -2.51. The Hall–Kier alpha value is -2.33. The van der Waals surface area contributed by atoms with Crippen molar-refractivity contribution in [1.82, 2.24) is 4.90 Å². The Bertz CT molecular complexity index is 777. The summed E-state index contributed by atoms with van der Waals surface area (Å²) >= 11 is 5.88. The van der Waals surface area contributed by atoms with Gasteiger partial charge in [0.25, 0.3) is 0 Å². The second-order valence-corrected chi connectivity index (χ2v) is 8.06. The second kappa shape index (κ2) is 7.73. The van der Waals surface area contributed by atoms with Gasteiger partial charge < -0.3 is 14.7 Å². The van der Waals surface area contributed by atoms with Gasteiger partial charge in [0.2, 0.25) is 0 Å². The molecule has 6 nitrogen and oxygen atoms in total. The van der Waals surface area contributed by atoms with Crippen molar-refractivity contribution < 1.29 is 23.8 Å². The number of benzene rings is 1. The molecule has 0 spiro atoms. The van der Waals surface area contributed by atoms with Crippen molar-refractivity contribution in [2.75, 3.05) is 13.1 Å². The molecule has 1 saturated heterocycles. The van der Waals surface area contributed by atoms with Crippen LogP contribution in [0.15, 0.2) is 18.2 Å². The van der Waals surface area contributed by atoms with Crippen LogP contribution in [0.1, 0.15) is 39.2 Å². The van der Waals surface area contributed by atoms with Crippen molar-refractivity contribution in [1.29, 1.82) is 5.26 Å². The van der Waals surface area contributed by atoms with Crippen LogP contribution in [0, 0.1) is 23.1 Å². The normalized spacial score (nSPS) is 17.7. The predicted molar refractivity (Wildman–Crippen MR) is 96.9 cm³/mol. The quantitative estimate of drug-likeness (QED) is 0.834. The number of carboxylic acid groups (broad SMARTS) is 1. The maximum absolute atomic E-state index is 13.6. The van der Waals surface area contributed by atoms with Gasteiger partial charge in [-0.2, -0.15) is 5.26 Å². The molecule has 1 fully saturated rings. The average molecular weight is 397 g/mol. The topological polar surface area (TPSA) is 90.6 Å². The maximum atomic E-state index is 13.6. The van der Waals surface area contributed by atoms with Crippen molar-refractivity contribution in [3.8, 4) is 6.07 Å². The van der Waals surface area contributed by atoms with E-state index in [0.29, 0.717) is 5.56 Å². The summed E-state index contributed by atoms with van der Waals surface area (Å²) in [5.41, 5.74) is -1.24. The van der Waals surface area contributed by atoms with E-state index in [0.717, 1.165) is 6.07 Å². The van der Waals surface area contributed by atoms with E-state index in [4.69, 9.17) is 16.3 Å². The fourth-order valence-corrected chi connectivity index (χ4v) is 3.56. The Labute approximate surface area is 162 Å². The molecular weight excluding hydrogens is 375 g/mol. The molecule has 1 atom stereocenters. The number of piperidine rings is 1. The van der Waals surface area contributed by atoms with Gasteiger partial charge in [-0.15, -0.1) is 0 Å². The lowest BCUT2D eigenvalue weighted by Gasteiger charge is -2.43. The number of hydrogen-bond donors (Lipinski definition) is 1. The zero-order chi connectivity index (χ0) is 20.4. The molecule has 0 radical (unpaired) electrons. The molecular formula is C19H22ClFN2O4. The zero-order valence-corrected chi connectivity index (χ0v) is 16.2. The molecule has 1 amide bonds. The van der Waals surface area contributed by atoms with Crippen LogP contribution >= 0.6 is 11.6 Å². The molecule has 1 aromatic carbocycles. The lowest BCUT2D eigenvalue weighted by atomic mass is 9.64. The summed E-state index contributed by atoms with van der Waals surface area (Å²) in [6.45, 7) is 5.71. The molecule has 0 aliphatic carbocycles. The molecule has 1 heterocycles. The maximum Gasteiger partial charge on any atom is 0.410 e. The number of carbonyl (C=O) groups is 2. The van der Waals surface area contributed by atoms with E-state index in [1.54, 1.807) is 20.8 Å². The first-order valence-corrected chi connectivity index (χ1v) is 8.94. The summed E-state index contributed by atoms with van der Waals surface area (Å²) in [7, 11) is 0. The number of nitrogens with zero attached hydrogens (tertiary/aromatic N) is 2. The number of nitriles is 1. The van der Waals surface area contributed by atoms with Crippen LogP contribution in [-0.2, 0) is 14.9 Å². The fourth-order valence-electron chi connectivity index (χ4n) is 3.38. The van der Waals surface area contributed by atoms with E-state index >= 15 is 0 Å². The number of rotatable bonds is 3. The smallest absolute Gasteiger partial charge is 0.410 e. The minimum absolute atomic E-state index is 0.136. The van der Waals surface area contributed by atoms with Crippen LogP contribution in [-0.4, -0.2) is 40.8 Å². The van der Waals surface area contributed by atoms with Gasteiger partial charge in [-0.25, -0.2) is 9.18 Å². The Morgan fingerprint density at radius 3 is 2.41 bits per heavy atom. The van der Waals surface area contributed by atoms with Gasteiger partial charge in [-0.05, 0) is 51.3 Å². The first-order chi connectivity index (χ1) is 12.5. The molecule has 0 bridgehead atoms. The van der Waals surface area contributed by atoms with Crippen LogP contribution in [0.25, 0.3) is 0 Å². The van der Waals surface area contributed by atoms with E-state index in [9.17, 15) is 24.3 Å². The van der Waals surface area contributed by atoms with E-state index < -0.39 is 34.8 Å². The largest absolute Gasteiger partial charge is 0.480 e. The number of halogens is 2. The number of likely N-dealkylation sites (tertiary alicyclic amines) is 1. The summed E-state index contributed by atoms with van der Waals surface area (Å²) in [5, 5.41) is 18.9. The lowest BCUT2D eigenvalue weighted by molar-refractivity contribution is -0.142. The highest BCUT2D eigenvalue weighted by atomic mass is 35.5. The first-order valence-electron chi connectivity index (χ1n) is 8.56. The van der Waals surface area contributed by atoms with Crippen molar-refractivity contribution >= 4 is 23.7 Å². The Morgan fingerprint density at radius 2 is 1.96 bits per heavy atom. The summed E-state index contributed by atoms with van der Waals surface area (Å²) in [5.74, 6) is -3.23. The molecule has 0 saturated carbocycles. The third-order valence-electron chi connectivity index (χ3n) is 4.73. The molecule has 1 N–H and O–H groups in total. The van der Waals surface area contributed by atoms with E-state index in [-0.39, 0.29) is 31.0 Å². The Kier molecular flexibility index (Phi) is 6.01. The minimum Gasteiger partial charge on any atom is -0.480 e. The standard InChI is InChI=1S/C19H22ClFN2O4/c1-18(2,3)27-17(26)23-8-6-19(7-9-23,13(11-22)16(24)25)12-4-5-15(21)14(20)10-12/h4-5,10,13H,6-9H2,1-3H3,(H,24,25). The van der Waals surface area contributed by atoms with Crippen LogP contribution in [0.5, 0.6) is 0 Å². The van der Waals surface area contributed by atoms with Gasteiger partial charge >= 0.3 is 12.1 Å². The van der Waals surface area contributed by atoms with Gasteiger partial charge in [-0.3, -0.25) is 4.79 Å². The van der Waals surface area contributed by atoms with Crippen molar-refractivity contribution in [3.05, 3.63) is 34.6 Å². The predicted octanol–water partition coefficient (Wildman–Crippen LogP) is 3.97. The van der Waals surface area contributed by atoms with Gasteiger partial charge in [0.15, 0.2) is 5.92 Å². The zero-order valence-electron chi connectivity index (χ0n) is 15.5. The molecule has 8 heteroatoms. The Morgan fingerprint density at radius 1 is 1.37 bits per heavy atom. The number of ether oxygens (including phenoxy) is 1. The summed E-state index contributed by atoms with van der Waals surface area (Å²) in [6.07, 6.45) is -0.0469. The summed E-state index contributed by atoms with van der Waals surface area (Å²) in [6, 6.07) is 5.84. The van der Waals surface area contributed by atoms with Crippen LogP contribution in [0.4, 0.5) is 9.18 Å². The molecule has 1 aromatic rings. The van der Waals surface area contributed by atoms with E-state index in [2.05, 4.69) is 0 Å². The SMILES string of the molecule is CC(C)(C)OC(=O)N1CCC(c2ccc(F)c(Cl)c2)(C(C#N)C(=O)O)CC1. The molecule has 146 valence electrons. The number of hydrogen-bond acceptors (Lipinski definition) is 4. The number of amides is 1. The molecule has 1 aliphatic heterocycles.